The lowest BCUT2D eigenvalue weighted by atomic mass is 10.2. The summed E-state index contributed by atoms with van der Waals surface area (Å²) < 4.78 is 44.8. The summed E-state index contributed by atoms with van der Waals surface area (Å²) in [5.41, 5.74) is 6.70. The van der Waals surface area contributed by atoms with Crippen LogP contribution < -0.4 is 10.5 Å². The number of rotatable bonds is 3. The summed E-state index contributed by atoms with van der Waals surface area (Å²) in [4.78, 5) is -0.215. The lowest BCUT2D eigenvalue weighted by Crippen LogP contribution is -2.13. The van der Waals surface area contributed by atoms with E-state index in [0.717, 1.165) is 11.6 Å². The van der Waals surface area contributed by atoms with Gasteiger partial charge in [0.15, 0.2) is 0 Å². The van der Waals surface area contributed by atoms with E-state index in [-0.39, 0.29) is 16.5 Å². The van der Waals surface area contributed by atoms with Gasteiger partial charge in [0.25, 0.3) is 10.0 Å². The summed E-state index contributed by atoms with van der Waals surface area (Å²) >= 11 is 0. The van der Waals surface area contributed by atoms with Gasteiger partial charge in [-0.25, -0.2) is 17.5 Å². The predicted molar refractivity (Wildman–Crippen MR) is 69.8 cm³/mol. The fourth-order valence-electron chi connectivity index (χ4n) is 1.46. The van der Waals surface area contributed by atoms with Gasteiger partial charge in [-0.15, -0.1) is 0 Å². The van der Waals surface area contributed by atoms with Gasteiger partial charge in [0, 0.05) is 5.56 Å². The number of nitrogen functional groups attached to an aromatic ring is 1. The summed E-state index contributed by atoms with van der Waals surface area (Å²) in [5.74, 6) is -0.662. The Bertz CT molecular complexity index is 723. The fourth-order valence-corrected chi connectivity index (χ4v) is 2.53. The molecule has 0 saturated carbocycles. The summed E-state index contributed by atoms with van der Waals surface area (Å²) in [6.45, 7) is 3.51. The standard InChI is InChI=1S/C12H13FN2O3S/c1-7-6-18-12(8(7)2)15-19(16,17)9-3-4-11(14)10(13)5-9/h3-6,15H,14H2,1-2H3. The van der Waals surface area contributed by atoms with Crippen LogP contribution in [0.25, 0.3) is 0 Å². The molecule has 0 aliphatic carbocycles. The van der Waals surface area contributed by atoms with Crippen LogP contribution in [0.2, 0.25) is 0 Å². The van der Waals surface area contributed by atoms with Crippen molar-refractivity contribution in [2.75, 3.05) is 10.5 Å². The summed E-state index contributed by atoms with van der Waals surface area (Å²) in [6.07, 6.45) is 1.44. The first kappa shape index (κ1) is 13.4. The molecule has 102 valence electrons. The molecule has 2 aromatic rings. The molecule has 0 aliphatic rings. The monoisotopic (exact) mass is 284 g/mol. The Morgan fingerprint density at radius 2 is 2.00 bits per heavy atom. The topological polar surface area (TPSA) is 85.3 Å². The molecule has 0 atom stereocenters. The van der Waals surface area contributed by atoms with Crippen molar-refractivity contribution < 1.29 is 17.2 Å². The highest BCUT2D eigenvalue weighted by Crippen LogP contribution is 2.24. The highest BCUT2D eigenvalue weighted by atomic mass is 32.2. The molecule has 0 radical (unpaired) electrons. The molecule has 19 heavy (non-hydrogen) atoms. The predicted octanol–water partition coefficient (Wildman–Crippen LogP) is 2.42. The van der Waals surface area contributed by atoms with Crippen molar-refractivity contribution in [3.05, 3.63) is 41.4 Å². The highest BCUT2D eigenvalue weighted by Gasteiger charge is 2.19. The molecule has 0 aliphatic heterocycles. The zero-order valence-corrected chi connectivity index (χ0v) is 11.2. The van der Waals surface area contributed by atoms with Crippen molar-refractivity contribution in [2.24, 2.45) is 0 Å². The number of nitrogens with one attached hydrogen (secondary N) is 1. The van der Waals surface area contributed by atoms with Crippen LogP contribution in [0.5, 0.6) is 0 Å². The minimum Gasteiger partial charge on any atom is -0.447 e. The van der Waals surface area contributed by atoms with E-state index >= 15 is 0 Å². The summed E-state index contributed by atoms with van der Waals surface area (Å²) in [5, 5.41) is 0. The number of benzene rings is 1. The molecule has 5 nitrogen and oxygen atoms in total. The summed E-state index contributed by atoms with van der Waals surface area (Å²) in [6, 6.07) is 3.29. The number of sulfonamides is 1. The smallest absolute Gasteiger partial charge is 0.264 e. The van der Waals surface area contributed by atoms with Crippen LogP contribution in [0, 0.1) is 19.7 Å². The lowest BCUT2D eigenvalue weighted by Gasteiger charge is -2.07. The van der Waals surface area contributed by atoms with E-state index in [0.29, 0.717) is 5.56 Å². The van der Waals surface area contributed by atoms with Gasteiger partial charge in [-0.3, -0.25) is 0 Å². The van der Waals surface area contributed by atoms with Crippen molar-refractivity contribution in [3.8, 4) is 0 Å². The SMILES string of the molecule is Cc1coc(NS(=O)(=O)c2ccc(N)c(F)c2)c1C. The Balaban J connectivity index is 2.37. The molecule has 1 aromatic heterocycles. The first-order valence-corrected chi connectivity index (χ1v) is 6.92. The maximum Gasteiger partial charge on any atom is 0.264 e. The van der Waals surface area contributed by atoms with Gasteiger partial charge in [0.1, 0.15) is 5.82 Å². The maximum absolute atomic E-state index is 13.3. The van der Waals surface area contributed by atoms with Crippen LogP contribution in [0.3, 0.4) is 0 Å². The Morgan fingerprint density at radius 1 is 1.32 bits per heavy atom. The van der Waals surface area contributed by atoms with Crippen LogP contribution in [0.15, 0.2) is 33.8 Å². The van der Waals surface area contributed by atoms with E-state index in [9.17, 15) is 12.8 Å². The second-order valence-corrected chi connectivity index (χ2v) is 5.84. The molecule has 3 N–H and O–H groups in total. The van der Waals surface area contributed by atoms with Crippen LogP contribution >= 0.6 is 0 Å². The summed E-state index contributed by atoms with van der Waals surface area (Å²) in [7, 11) is -3.90. The van der Waals surface area contributed by atoms with E-state index < -0.39 is 15.8 Å². The molecule has 0 amide bonds. The average Bonchev–Trinajstić information content (AvgIpc) is 2.64. The third-order valence-corrected chi connectivity index (χ3v) is 4.12. The van der Waals surface area contributed by atoms with Crippen LogP contribution in [-0.4, -0.2) is 8.42 Å². The van der Waals surface area contributed by atoms with Gasteiger partial charge in [0.2, 0.25) is 5.88 Å². The van der Waals surface area contributed by atoms with Crippen molar-refractivity contribution >= 4 is 21.6 Å². The van der Waals surface area contributed by atoms with Crippen molar-refractivity contribution in [1.29, 1.82) is 0 Å². The van der Waals surface area contributed by atoms with Crippen LogP contribution in [0.4, 0.5) is 16.0 Å². The minimum absolute atomic E-state index is 0.107. The molecular formula is C12H13FN2O3S. The maximum atomic E-state index is 13.3. The van der Waals surface area contributed by atoms with Gasteiger partial charge < -0.3 is 10.2 Å². The van der Waals surface area contributed by atoms with Gasteiger partial charge in [-0.05, 0) is 37.6 Å². The van der Waals surface area contributed by atoms with E-state index in [4.69, 9.17) is 10.2 Å². The Kier molecular flexibility index (Phi) is 3.23. The molecule has 0 saturated heterocycles. The fraction of sp³-hybridized carbons (Fsp3) is 0.167. The Hall–Kier alpha value is -2.02. The van der Waals surface area contributed by atoms with Gasteiger partial charge in [0.05, 0.1) is 16.8 Å². The quantitative estimate of drug-likeness (QED) is 0.848. The third kappa shape index (κ3) is 2.55. The molecule has 0 bridgehead atoms. The molecule has 7 heteroatoms. The number of nitrogens with two attached hydrogens (primary N) is 1. The second-order valence-electron chi connectivity index (χ2n) is 4.16. The largest absolute Gasteiger partial charge is 0.447 e. The van der Waals surface area contributed by atoms with Crippen molar-refractivity contribution in [3.63, 3.8) is 0 Å². The first-order chi connectivity index (χ1) is 8.81. The number of furan rings is 1. The third-order valence-electron chi connectivity index (χ3n) is 2.79. The number of hydrogen-bond acceptors (Lipinski definition) is 4. The van der Waals surface area contributed by atoms with Gasteiger partial charge in [-0.2, -0.15) is 0 Å². The van der Waals surface area contributed by atoms with Crippen LogP contribution in [0.1, 0.15) is 11.1 Å². The second kappa shape index (κ2) is 4.58. The molecule has 0 fully saturated rings. The normalized spacial score (nSPS) is 11.5. The van der Waals surface area contributed by atoms with Crippen molar-refractivity contribution in [1.82, 2.24) is 0 Å². The minimum atomic E-state index is -3.90. The van der Waals surface area contributed by atoms with E-state index in [2.05, 4.69) is 4.72 Å². The number of aryl methyl sites for hydroxylation is 1. The average molecular weight is 284 g/mol. The Morgan fingerprint density at radius 3 is 2.53 bits per heavy atom. The van der Waals surface area contributed by atoms with E-state index in [1.807, 2.05) is 0 Å². The van der Waals surface area contributed by atoms with Crippen LogP contribution in [-0.2, 0) is 10.0 Å². The van der Waals surface area contributed by atoms with Gasteiger partial charge in [-0.1, -0.05) is 0 Å². The van der Waals surface area contributed by atoms with Crippen molar-refractivity contribution in [2.45, 2.75) is 18.7 Å². The molecule has 0 spiro atoms. The highest BCUT2D eigenvalue weighted by molar-refractivity contribution is 7.92. The zero-order chi connectivity index (χ0) is 14.2. The molecule has 0 unspecified atom stereocenters. The zero-order valence-electron chi connectivity index (χ0n) is 10.4. The lowest BCUT2D eigenvalue weighted by molar-refractivity contribution is 0.572. The molecular weight excluding hydrogens is 271 g/mol. The molecule has 1 aromatic carbocycles. The number of hydrogen-bond donors (Lipinski definition) is 2. The first-order valence-electron chi connectivity index (χ1n) is 5.44. The molecule has 2 rings (SSSR count). The van der Waals surface area contributed by atoms with Gasteiger partial charge >= 0.3 is 0 Å². The number of halogens is 1. The van der Waals surface area contributed by atoms with E-state index in [1.165, 1.54) is 18.4 Å². The molecule has 1 heterocycles. The van der Waals surface area contributed by atoms with E-state index in [1.54, 1.807) is 13.8 Å². The number of anilines is 2. The Labute approximate surface area is 110 Å².